The predicted molar refractivity (Wildman–Crippen MR) is 90.1 cm³/mol. The smallest absolute Gasteiger partial charge is 0.368 e. The van der Waals surface area contributed by atoms with Gasteiger partial charge < -0.3 is 24.7 Å². The highest BCUT2D eigenvalue weighted by molar-refractivity contribution is 7.72. The highest BCUT2D eigenvalue weighted by atomic mass is 31.2. The highest BCUT2D eigenvalue weighted by Gasteiger charge is 2.58. The maximum atomic E-state index is 11.2. The number of unbranched alkanes of at least 4 members (excludes halogenated alkanes) is 10. The van der Waals surface area contributed by atoms with Crippen molar-refractivity contribution in [2.24, 2.45) is 0 Å². The van der Waals surface area contributed by atoms with Crippen LogP contribution in [0.25, 0.3) is 0 Å². The Labute approximate surface area is 138 Å². The Morgan fingerprint density at radius 1 is 0.652 bits per heavy atom. The molecule has 0 bridgehead atoms. The van der Waals surface area contributed by atoms with Gasteiger partial charge >= 0.3 is 15.2 Å². The molecule has 140 valence electrons. The Kier molecular flexibility index (Phi) is 11.1. The van der Waals surface area contributed by atoms with Crippen molar-refractivity contribution >= 4 is 15.2 Å². The lowest BCUT2D eigenvalue weighted by atomic mass is 10.1. The second-order valence-electron chi connectivity index (χ2n) is 6.15. The minimum atomic E-state index is -5.30. The van der Waals surface area contributed by atoms with Crippen LogP contribution in [0.15, 0.2) is 0 Å². The molecule has 0 rings (SSSR count). The summed E-state index contributed by atoms with van der Waals surface area (Å²) in [5.74, 6) is 0. The molecular weight excluding hydrogens is 342 g/mol. The first-order chi connectivity index (χ1) is 10.6. The molecule has 7 nitrogen and oxygen atoms in total. The van der Waals surface area contributed by atoms with Gasteiger partial charge in [0.2, 0.25) is 0 Å². The molecule has 0 atom stereocenters. The van der Waals surface area contributed by atoms with E-state index in [1.165, 1.54) is 38.5 Å². The van der Waals surface area contributed by atoms with Crippen LogP contribution in [-0.4, -0.2) is 29.8 Å². The molecule has 0 saturated carbocycles. The minimum Gasteiger partial charge on any atom is -0.368 e. The largest absolute Gasteiger partial charge is 0.369 e. The molecule has 0 fully saturated rings. The summed E-state index contributed by atoms with van der Waals surface area (Å²) in [4.78, 5) is 36.0. The number of rotatable bonds is 14. The SMILES string of the molecule is CCCCCCCCCCCCCC(O)(P(=O)(O)O)P(=O)(O)O. The van der Waals surface area contributed by atoms with Crippen molar-refractivity contribution in [2.45, 2.75) is 89.1 Å². The van der Waals surface area contributed by atoms with Crippen LogP contribution >= 0.6 is 15.2 Å². The van der Waals surface area contributed by atoms with Gasteiger partial charge in [-0.15, -0.1) is 0 Å². The standard InChI is InChI=1S/C14H32O7P2/c1-2-3-4-5-6-7-8-9-10-11-12-13-14(15,22(16,17)18)23(19,20)21/h15H,2-13H2,1H3,(H2,16,17,18)(H2,19,20,21). The molecule has 0 aromatic heterocycles. The summed E-state index contributed by atoms with van der Waals surface area (Å²) in [5.41, 5.74) is 0. The second-order valence-corrected chi connectivity index (χ2v) is 10.2. The Bertz CT molecular complexity index is 380. The van der Waals surface area contributed by atoms with Crippen LogP contribution in [-0.2, 0) is 9.13 Å². The lowest BCUT2D eigenvalue weighted by Crippen LogP contribution is -2.28. The minimum absolute atomic E-state index is 0.170. The number of hydrogen-bond acceptors (Lipinski definition) is 3. The molecule has 0 unspecified atom stereocenters. The average Bonchev–Trinajstić information content (AvgIpc) is 2.42. The van der Waals surface area contributed by atoms with Crippen molar-refractivity contribution < 1.29 is 33.8 Å². The first-order valence-corrected chi connectivity index (χ1v) is 11.6. The second kappa shape index (κ2) is 11.0. The van der Waals surface area contributed by atoms with E-state index < -0.39 is 26.7 Å². The van der Waals surface area contributed by atoms with Crippen LogP contribution in [0.5, 0.6) is 0 Å². The number of hydrogen-bond donors (Lipinski definition) is 5. The van der Waals surface area contributed by atoms with Gasteiger partial charge in [0.1, 0.15) is 0 Å². The lowest BCUT2D eigenvalue weighted by Gasteiger charge is -2.29. The van der Waals surface area contributed by atoms with Crippen LogP contribution in [0.3, 0.4) is 0 Å². The van der Waals surface area contributed by atoms with E-state index in [2.05, 4.69) is 6.92 Å². The Hall–Kier alpha value is 0.260. The van der Waals surface area contributed by atoms with Gasteiger partial charge in [0.15, 0.2) is 0 Å². The van der Waals surface area contributed by atoms with E-state index in [1.54, 1.807) is 0 Å². The monoisotopic (exact) mass is 374 g/mol. The van der Waals surface area contributed by atoms with Crippen LogP contribution in [0, 0.1) is 0 Å². The molecule has 0 radical (unpaired) electrons. The molecule has 0 heterocycles. The molecule has 0 aliphatic carbocycles. The normalized spacial score (nSPS) is 13.5. The van der Waals surface area contributed by atoms with E-state index in [9.17, 15) is 14.2 Å². The van der Waals surface area contributed by atoms with Gasteiger partial charge in [-0.1, -0.05) is 71.1 Å². The van der Waals surface area contributed by atoms with Crippen LogP contribution in [0.2, 0.25) is 0 Å². The zero-order valence-electron chi connectivity index (χ0n) is 13.9. The molecule has 5 N–H and O–H groups in total. The molecule has 0 aromatic carbocycles. The molecule has 0 aromatic rings. The maximum absolute atomic E-state index is 11.2. The zero-order chi connectivity index (χ0) is 18.0. The molecule has 0 aliphatic heterocycles. The molecular formula is C14H32O7P2. The molecule has 9 heteroatoms. The summed E-state index contributed by atoms with van der Waals surface area (Å²) in [6, 6.07) is 0. The third-order valence-corrected chi connectivity index (χ3v) is 7.93. The van der Waals surface area contributed by atoms with Gasteiger partial charge in [-0.05, 0) is 12.8 Å². The van der Waals surface area contributed by atoms with Gasteiger partial charge in [0.25, 0.3) is 5.08 Å². The summed E-state index contributed by atoms with van der Waals surface area (Å²) in [7, 11) is -10.6. The first-order valence-electron chi connectivity index (χ1n) is 8.40. The van der Waals surface area contributed by atoms with Gasteiger partial charge in [0.05, 0.1) is 0 Å². The fourth-order valence-corrected chi connectivity index (χ4v) is 4.74. The predicted octanol–water partition coefficient (Wildman–Crippen LogP) is 3.69. The molecule has 0 amide bonds. The summed E-state index contributed by atoms with van der Waals surface area (Å²) in [6.45, 7) is 2.18. The Balaban J connectivity index is 3.86. The van der Waals surface area contributed by atoms with E-state index in [-0.39, 0.29) is 6.42 Å². The highest BCUT2D eigenvalue weighted by Crippen LogP contribution is 2.69. The van der Waals surface area contributed by atoms with Crippen molar-refractivity contribution in [3.05, 3.63) is 0 Å². The zero-order valence-corrected chi connectivity index (χ0v) is 15.7. The van der Waals surface area contributed by atoms with Crippen molar-refractivity contribution in [2.75, 3.05) is 0 Å². The fraction of sp³-hybridized carbons (Fsp3) is 1.00. The Morgan fingerprint density at radius 2 is 0.957 bits per heavy atom. The van der Waals surface area contributed by atoms with E-state index in [4.69, 9.17) is 19.6 Å². The first kappa shape index (κ1) is 23.3. The van der Waals surface area contributed by atoms with E-state index in [0.29, 0.717) is 6.42 Å². The molecule has 0 aliphatic rings. The van der Waals surface area contributed by atoms with Crippen molar-refractivity contribution in [3.63, 3.8) is 0 Å². The van der Waals surface area contributed by atoms with Crippen LogP contribution in [0.4, 0.5) is 0 Å². The molecule has 0 spiro atoms. The Morgan fingerprint density at radius 3 is 1.26 bits per heavy atom. The van der Waals surface area contributed by atoms with Gasteiger partial charge in [0, 0.05) is 0 Å². The van der Waals surface area contributed by atoms with Crippen molar-refractivity contribution in [1.82, 2.24) is 0 Å². The third-order valence-electron chi connectivity index (χ3n) is 4.05. The summed E-state index contributed by atoms with van der Waals surface area (Å²) >= 11 is 0. The average molecular weight is 374 g/mol. The molecule has 0 saturated heterocycles. The molecule has 23 heavy (non-hydrogen) atoms. The quantitative estimate of drug-likeness (QED) is 0.231. The fourth-order valence-electron chi connectivity index (χ4n) is 2.49. The van der Waals surface area contributed by atoms with Gasteiger partial charge in [-0.25, -0.2) is 0 Å². The summed E-state index contributed by atoms with van der Waals surface area (Å²) in [5, 5.41) is 6.45. The van der Waals surface area contributed by atoms with Crippen molar-refractivity contribution in [1.29, 1.82) is 0 Å². The maximum Gasteiger partial charge on any atom is 0.369 e. The van der Waals surface area contributed by atoms with Gasteiger partial charge in [-0.3, -0.25) is 9.13 Å². The summed E-state index contributed by atoms with van der Waals surface area (Å²) in [6.07, 6.45) is 10.5. The van der Waals surface area contributed by atoms with E-state index in [1.807, 2.05) is 0 Å². The van der Waals surface area contributed by atoms with E-state index >= 15 is 0 Å². The topological polar surface area (TPSA) is 135 Å². The van der Waals surface area contributed by atoms with Crippen molar-refractivity contribution in [3.8, 4) is 0 Å². The van der Waals surface area contributed by atoms with Gasteiger partial charge in [-0.2, -0.15) is 0 Å². The summed E-state index contributed by atoms with van der Waals surface area (Å²) < 4.78 is 22.3. The van der Waals surface area contributed by atoms with Crippen LogP contribution < -0.4 is 0 Å². The number of aliphatic hydroxyl groups is 1. The third kappa shape index (κ3) is 8.78. The van der Waals surface area contributed by atoms with Crippen LogP contribution in [0.1, 0.15) is 84.0 Å². The lowest BCUT2D eigenvalue weighted by molar-refractivity contribution is 0.120. The van der Waals surface area contributed by atoms with E-state index in [0.717, 1.165) is 19.3 Å².